The summed E-state index contributed by atoms with van der Waals surface area (Å²) < 4.78 is 0. The Labute approximate surface area is 107 Å². The Hall–Kier alpha value is -0.0800. The van der Waals surface area contributed by atoms with E-state index in [-0.39, 0.29) is 12.6 Å². The first kappa shape index (κ1) is 15.0. The highest BCUT2D eigenvalue weighted by molar-refractivity contribution is 4.88. The van der Waals surface area contributed by atoms with E-state index >= 15 is 0 Å². The van der Waals surface area contributed by atoms with Crippen molar-refractivity contribution in [3.8, 4) is 0 Å². The van der Waals surface area contributed by atoms with Gasteiger partial charge in [0.1, 0.15) is 0 Å². The summed E-state index contributed by atoms with van der Waals surface area (Å²) >= 11 is 0. The van der Waals surface area contributed by atoms with Crippen molar-refractivity contribution in [2.45, 2.75) is 66.0 Å². The van der Waals surface area contributed by atoms with Gasteiger partial charge in [-0.05, 0) is 36.5 Å². The van der Waals surface area contributed by atoms with Gasteiger partial charge < -0.3 is 10.4 Å². The van der Waals surface area contributed by atoms with Gasteiger partial charge in [-0.1, -0.05) is 41.0 Å². The zero-order valence-electron chi connectivity index (χ0n) is 12.2. The van der Waals surface area contributed by atoms with Gasteiger partial charge in [-0.2, -0.15) is 0 Å². The molecule has 2 nitrogen and oxygen atoms in total. The van der Waals surface area contributed by atoms with Crippen molar-refractivity contribution >= 4 is 0 Å². The molecule has 0 aromatic heterocycles. The summed E-state index contributed by atoms with van der Waals surface area (Å²) in [7, 11) is 0. The topological polar surface area (TPSA) is 32.3 Å². The van der Waals surface area contributed by atoms with E-state index in [2.05, 4.69) is 39.9 Å². The fourth-order valence-corrected chi connectivity index (χ4v) is 3.12. The van der Waals surface area contributed by atoms with Crippen LogP contribution in [-0.2, 0) is 0 Å². The van der Waals surface area contributed by atoms with Crippen molar-refractivity contribution in [3.05, 3.63) is 0 Å². The molecule has 1 aliphatic rings. The van der Waals surface area contributed by atoms with E-state index in [1.54, 1.807) is 0 Å². The molecule has 0 bridgehead atoms. The molecule has 0 amide bonds. The molecule has 2 N–H and O–H groups in total. The number of aliphatic hydroxyl groups is 1. The summed E-state index contributed by atoms with van der Waals surface area (Å²) in [6, 6.07) is 0.852. The third-order valence-electron chi connectivity index (χ3n) is 4.45. The van der Waals surface area contributed by atoms with Crippen LogP contribution in [0.25, 0.3) is 0 Å². The fraction of sp³-hybridized carbons (Fsp3) is 1.00. The third-order valence-corrected chi connectivity index (χ3v) is 4.45. The monoisotopic (exact) mass is 241 g/mol. The molecule has 2 heteroatoms. The van der Waals surface area contributed by atoms with E-state index in [9.17, 15) is 5.11 Å². The molecule has 0 aromatic carbocycles. The summed E-state index contributed by atoms with van der Waals surface area (Å²) in [5.41, 5.74) is 0. The van der Waals surface area contributed by atoms with Crippen LogP contribution in [-0.4, -0.2) is 23.8 Å². The fourth-order valence-electron chi connectivity index (χ4n) is 3.12. The van der Waals surface area contributed by atoms with Crippen LogP contribution in [0.3, 0.4) is 0 Å². The van der Waals surface area contributed by atoms with Crippen LogP contribution in [0.5, 0.6) is 0 Å². The highest BCUT2D eigenvalue weighted by atomic mass is 16.3. The van der Waals surface area contributed by atoms with Crippen LogP contribution >= 0.6 is 0 Å². The second-order valence-electron chi connectivity index (χ2n) is 6.63. The maximum Gasteiger partial charge on any atom is 0.0587 e. The van der Waals surface area contributed by atoms with Crippen LogP contribution in [0, 0.1) is 23.7 Å². The molecule has 0 heterocycles. The van der Waals surface area contributed by atoms with Gasteiger partial charge in [-0.3, -0.25) is 0 Å². The van der Waals surface area contributed by atoms with Gasteiger partial charge in [-0.25, -0.2) is 0 Å². The highest BCUT2D eigenvalue weighted by Gasteiger charge is 2.32. The zero-order chi connectivity index (χ0) is 13.0. The lowest BCUT2D eigenvalue weighted by molar-refractivity contribution is 0.125. The van der Waals surface area contributed by atoms with Crippen LogP contribution in [0.2, 0.25) is 0 Å². The molecule has 17 heavy (non-hydrogen) atoms. The average Bonchev–Trinajstić information content (AvgIpc) is 2.25. The Balaban J connectivity index is 2.62. The van der Waals surface area contributed by atoms with E-state index in [1.807, 2.05) is 0 Å². The van der Waals surface area contributed by atoms with E-state index in [0.29, 0.717) is 12.0 Å². The van der Waals surface area contributed by atoms with Crippen molar-refractivity contribution in [1.29, 1.82) is 0 Å². The van der Waals surface area contributed by atoms with E-state index < -0.39 is 0 Å². The molecule has 1 fully saturated rings. The smallest absolute Gasteiger partial charge is 0.0587 e. The number of hydrogen-bond acceptors (Lipinski definition) is 2. The summed E-state index contributed by atoms with van der Waals surface area (Å²) in [4.78, 5) is 0. The molecule has 1 saturated carbocycles. The van der Waals surface area contributed by atoms with Crippen molar-refractivity contribution in [3.63, 3.8) is 0 Å². The van der Waals surface area contributed by atoms with Gasteiger partial charge in [0.2, 0.25) is 0 Å². The lowest BCUT2D eigenvalue weighted by Crippen LogP contribution is -2.50. The summed E-state index contributed by atoms with van der Waals surface area (Å²) in [5, 5.41) is 13.2. The molecule has 0 spiro atoms. The first-order chi connectivity index (χ1) is 7.95. The average molecular weight is 241 g/mol. The third kappa shape index (κ3) is 4.26. The quantitative estimate of drug-likeness (QED) is 0.775. The van der Waals surface area contributed by atoms with E-state index in [4.69, 9.17) is 0 Å². The van der Waals surface area contributed by atoms with Gasteiger partial charge in [0.15, 0.2) is 0 Å². The predicted octanol–water partition coefficient (Wildman–Crippen LogP) is 3.05. The Morgan fingerprint density at radius 2 is 1.82 bits per heavy atom. The molecule has 102 valence electrons. The van der Waals surface area contributed by atoms with Crippen LogP contribution < -0.4 is 5.32 Å². The van der Waals surface area contributed by atoms with Gasteiger partial charge >= 0.3 is 0 Å². The van der Waals surface area contributed by atoms with Crippen LogP contribution in [0.4, 0.5) is 0 Å². The minimum atomic E-state index is 0.256. The first-order valence-electron chi connectivity index (χ1n) is 7.32. The lowest BCUT2D eigenvalue weighted by Gasteiger charge is -2.40. The molecule has 1 aliphatic carbocycles. The Morgan fingerprint density at radius 3 is 2.29 bits per heavy atom. The van der Waals surface area contributed by atoms with Crippen molar-refractivity contribution < 1.29 is 5.11 Å². The summed E-state index contributed by atoms with van der Waals surface area (Å²) in [6.45, 7) is 11.6. The standard InChI is InChI=1S/C15H31NO/c1-10(2)13-7-6-12(5)8-14(13)16-15(9-17)11(3)4/h10-17H,6-9H2,1-5H3/t12?,13?,14?,15-/m1/s1. The first-order valence-corrected chi connectivity index (χ1v) is 7.32. The number of rotatable bonds is 5. The Morgan fingerprint density at radius 1 is 1.18 bits per heavy atom. The minimum Gasteiger partial charge on any atom is -0.395 e. The zero-order valence-corrected chi connectivity index (χ0v) is 12.2. The molecular weight excluding hydrogens is 210 g/mol. The van der Waals surface area contributed by atoms with Crippen molar-refractivity contribution in [1.82, 2.24) is 5.32 Å². The van der Waals surface area contributed by atoms with Gasteiger partial charge in [0, 0.05) is 12.1 Å². The largest absolute Gasteiger partial charge is 0.395 e. The van der Waals surface area contributed by atoms with E-state index in [1.165, 1.54) is 19.3 Å². The van der Waals surface area contributed by atoms with Gasteiger partial charge in [-0.15, -0.1) is 0 Å². The molecule has 4 atom stereocenters. The van der Waals surface area contributed by atoms with E-state index in [0.717, 1.165) is 17.8 Å². The molecule has 0 aliphatic heterocycles. The molecule has 1 rings (SSSR count). The molecule has 3 unspecified atom stereocenters. The number of nitrogens with one attached hydrogen (secondary N) is 1. The Kier molecular flexibility index (Phi) is 5.94. The summed E-state index contributed by atoms with van der Waals surface area (Å²) in [6.07, 6.45) is 3.98. The van der Waals surface area contributed by atoms with Crippen LogP contribution in [0.15, 0.2) is 0 Å². The SMILES string of the molecule is CC1CCC(C(C)C)C(N[C@H](CO)C(C)C)C1. The number of aliphatic hydroxyl groups excluding tert-OH is 1. The second kappa shape index (κ2) is 6.75. The van der Waals surface area contributed by atoms with Gasteiger partial charge in [0.25, 0.3) is 0 Å². The molecule has 0 saturated heterocycles. The lowest BCUT2D eigenvalue weighted by atomic mass is 9.73. The van der Waals surface area contributed by atoms with Gasteiger partial charge in [0.05, 0.1) is 6.61 Å². The van der Waals surface area contributed by atoms with Crippen molar-refractivity contribution in [2.75, 3.05) is 6.61 Å². The van der Waals surface area contributed by atoms with Crippen molar-refractivity contribution in [2.24, 2.45) is 23.7 Å². The summed E-state index contributed by atoms with van der Waals surface area (Å²) in [5.74, 6) is 2.85. The Bertz CT molecular complexity index is 215. The predicted molar refractivity (Wildman–Crippen MR) is 74.0 cm³/mol. The molecule has 0 aromatic rings. The highest BCUT2D eigenvalue weighted by Crippen LogP contribution is 2.33. The molecular formula is C15H31NO. The minimum absolute atomic E-state index is 0.256. The maximum atomic E-state index is 9.46. The normalized spacial score (nSPS) is 32.1. The number of hydrogen-bond donors (Lipinski definition) is 2. The maximum absolute atomic E-state index is 9.46. The van der Waals surface area contributed by atoms with Crippen LogP contribution in [0.1, 0.15) is 53.9 Å². The second-order valence-corrected chi connectivity index (χ2v) is 6.63. The molecule has 0 radical (unpaired) electrons.